The van der Waals surface area contributed by atoms with Crippen LogP contribution >= 0.6 is 23.4 Å². The highest BCUT2D eigenvalue weighted by Gasteiger charge is 2.31. The van der Waals surface area contributed by atoms with E-state index in [0.717, 1.165) is 54.6 Å². The predicted molar refractivity (Wildman–Crippen MR) is 111 cm³/mol. The molecule has 0 atom stereocenters. The van der Waals surface area contributed by atoms with E-state index in [9.17, 15) is 13.2 Å². The number of nitrogens with zero attached hydrogens (tertiary/aromatic N) is 2. The van der Waals surface area contributed by atoms with Crippen LogP contribution in [-0.4, -0.2) is 9.97 Å². The third-order valence-electron chi connectivity index (χ3n) is 4.78. The lowest BCUT2D eigenvalue weighted by Gasteiger charge is -2.19. The molecule has 0 saturated carbocycles. The fraction of sp³-hybridized carbons (Fsp3) is 0.273. The zero-order valence-electron chi connectivity index (χ0n) is 15.9. The molecule has 30 heavy (non-hydrogen) atoms. The molecule has 156 valence electrons. The molecule has 0 fully saturated rings. The first kappa shape index (κ1) is 21.0. The van der Waals surface area contributed by atoms with Gasteiger partial charge in [-0.3, -0.25) is 0 Å². The maximum Gasteiger partial charge on any atom is 0.416 e. The van der Waals surface area contributed by atoms with Gasteiger partial charge in [0.15, 0.2) is 5.16 Å². The topological polar surface area (TPSA) is 35.0 Å². The monoisotopic (exact) mass is 450 g/mol. The molecule has 0 saturated heterocycles. The summed E-state index contributed by atoms with van der Waals surface area (Å²) >= 11 is 7.39. The van der Waals surface area contributed by atoms with Gasteiger partial charge in [-0.2, -0.15) is 18.2 Å². The summed E-state index contributed by atoms with van der Waals surface area (Å²) < 4.78 is 45.0. The van der Waals surface area contributed by atoms with E-state index in [1.54, 1.807) is 0 Å². The largest absolute Gasteiger partial charge is 0.439 e. The Morgan fingerprint density at radius 2 is 1.77 bits per heavy atom. The zero-order valence-corrected chi connectivity index (χ0v) is 17.4. The minimum absolute atomic E-state index is 0.116. The second-order valence-electron chi connectivity index (χ2n) is 6.99. The molecular weight excluding hydrogens is 433 g/mol. The SMILES string of the molecule is FC(F)(F)c1cccc(Oc2nc(SCc3ccc(Cl)cc3)nc3c2CCCC3)c1. The zero-order chi connectivity index (χ0) is 21.1. The van der Waals surface area contributed by atoms with Gasteiger partial charge in [0.2, 0.25) is 5.88 Å². The molecule has 4 rings (SSSR count). The van der Waals surface area contributed by atoms with Crippen LogP contribution < -0.4 is 4.74 Å². The van der Waals surface area contributed by atoms with Crippen molar-refractivity contribution in [2.24, 2.45) is 0 Å². The summed E-state index contributed by atoms with van der Waals surface area (Å²) in [5.41, 5.74) is 2.12. The molecular formula is C22H18ClF3N2OS. The third kappa shape index (κ3) is 5.08. The maximum atomic E-state index is 13.0. The Hall–Kier alpha value is -2.25. The summed E-state index contributed by atoms with van der Waals surface area (Å²) in [4.78, 5) is 9.20. The van der Waals surface area contributed by atoms with Crippen LogP contribution in [0.3, 0.4) is 0 Å². The Morgan fingerprint density at radius 3 is 2.53 bits per heavy atom. The van der Waals surface area contributed by atoms with E-state index in [-0.39, 0.29) is 5.75 Å². The quantitative estimate of drug-likeness (QED) is 0.306. The number of halogens is 4. The highest BCUT2D eigenvalue weighted by atomic mass is 35.5. The number of thioether (sulfide) groups is 1. The van der Waals surface area contributed by atoms with Gasteiger partial charge in [-0.15, -0.1) is 0 Å². The number of alkyl halides is 3. The first-order valence-corrected chi connectivity index (χ1v) is 10.9. The molecule has 1 aliphatic rings. The van der Waals surface area contributed by atoms with Crippen molar-refractivity contribution in [3.05, 3.63) is 75.9 Å². The predicted octanol–water partition coefficient (Wildman–Crippen LogP) is 7.11. The molecule has 3 aromatic rings. The van der Waals surface area contributed by atoms with Gasteiger partial charge >= 0.3 is 6.18 Å². The van der Waals surface area contributed by atoms with Gasteiger partial charge in [0, 0.05) is 16.3 Å². The van der Waals surface area contributed by atoms with Crippen molar-refractivity contribution in [3.63, 3.8) is 0 Å². The maximum absolute atomic E-state index is 13.0. The van der Waals surface area contributed by atoms with Crippen LogP contribution in [0.5, 0.6) is 11.6 Å². The Morgan fingerprint density at radius 1 is 1.00 bits per heavy atom. The fourth-order valence-electron chi connectivity index (χ4n) is 3.26. The van der Waals surface area contributed by atoms with Gasteiger partial charge in [-0.1, -0.05) is 41.6 Å². The van der Waals surface area contributed by atoms with Crippen molar-refractivity contribution in [3.8, 4) is 11.6 Å². The van der Waals surface area contributed by atoms with E-state index >= 15 is 0 Å². The van der Waals surface area contributed by atoms with Gasteiger partial charge in [-0.05, 0) is 61.6 Å². The molecule has 3 nitrogen and oxygen atoms in total. The van der Waals surface area contributed by atoms with Crippen molar-refractivity contribution in [2.45, 2.75) is 42.8 Å². The van der Waals surface area contributed by atoms with Crippen LogP contribution in [0.4, 0.5) is 13.2 Å². The van der Waals surface area contributed by atoms with Gasteiger partial charge < -0.3 is 4.74 Å². The lowest BCUT2D eigenvalue weighted by Crippen LogP contribution is -2.10. The average molecular weight is 451 g/mol. The van der Waals surface area contributed by atoms with Crippen LogP contribution in [0.15, 0.2) is 53.7 Å². The van der Waals surface area contributed by atoms with Gasteiger partial charge in [0.25, 0.3) is 0 Å². The second-order valence-corrected chi connectivity index (χ2v) is 8.37. The standard InChI is InChI=1S/C22H18ClF3N2OS/c23-16-10-8-14(9-11-16)13-30-21-27-19-7-2-1-6-18(19)20(28-21)29-17-5-3-4-15(12-17)22(24,25)26/h3-5,8-12H,1-2,6-7,13H2. The molecule has 0 N–H and O–H groups in total. The van der Waals surface area contributed by atoms with Crippen molar-refractivity contribution < 1.29 is 17.9 Å². The fourth-order valence-corrected chi connectivity index (χ4v) is 4.20. The van der Waals surface area contributed by atoms with E-state index < -0.39 is 11.7 Å². The number of benzene rings is 2. The Labute approximate surface area is 181 Å². The number of ether oxygens (including phenoxy) is 1. The molecule has 0 radical (unpaired) electrons. The number of hydrogen-bond acceptors (Lipinski definition) is 4. The average Bonchev–Trinajstić information content (AvgIpc) is 2.73. The number of rotatable bonds is 5. The molecule has 8 heteroatoms. The lowest BCUT2D eigenvalue weighted by molar-refractivity contribution is -0.137. The van der Waals surface area contributed by atoms with Crippen molar-refractivity contribution in [2.75, 3.05) is 0 Å². The van der Waals surface area contributed by atoms with E-state index in [0.29, 0.717) is 21.8 Å². The molecule has 1 aromatic heterocycles. The first-order chi connectivity index (χ1) is 14.4. The number of aromatic nitrogens is 2. The Bertz CT molecular complexity index is 1040. The molecule has 0 aliphatic heterocycles. The van der Waals surface area contributed by atoms with Gasteiger partial charge in [-0.25, -0.2) is 4.98 Å². The summed E-state index contributed by atoms with van der Waals surface area (Å²) in [5, 5.41) is 1.22. The normalized spacial score (nSPS) is 13.7. The number of aryl methyl sites for hydroxylation is 1. The Balaban J connectivity index is 1.60. The van der Waals surface area contributed by atoms with Crippen molar-refractivity contribution >= 4 is 23.4 Å². The molecule has 0 amide bonds. The van der Waals surface area contributed by atoms with Crippen molar-refractivity contribution in [1.82, 2.24) is 9.97 Å². The van der Waals surface area contributed by atoms with Gasteiger partial charge in [0.1, 0.15) is 5.75 Å². The minimum Gasteiger partial charge on any atom is -0.439 e. The van der Waals surface area contributed by atoms with Crippen LogP contribution in [0.25, 0.3) is 0 Å². The molecule has 0 bridgehead atoms. The van der Waals surface area contributed by atoms with E-state index in [2.05, 4.69) is 9.97 Å². The highest BCUT2D eigenvalue weighted by molar-refractivity contribution is 7.98. The van der Waals surface area contributed by atoms with Gasteiger partial charge in [0.05, 0.1) is 11.3 Å². The highest BCUT2D eigenvalue weighted by Crippen LogP contribution is 2.36. The summed E-state index contributed by atoms with van der Waals surface area (Å²) in [5.74, 6) is 1.11. The molecule has 1 heterocycles. The van der Waals surface area contributed by atoms with Crippen LogP contribution in [-0.2, 0) is 24.8 Å². The molecule has 1 aliphatic carbocycles. The summed E-state index contributed by atoms with van der Waals surface area (Å²) in [6.07, 6.45) is -0.859. The van der Waals surface area contributed by atoms with Crippen LogP contribution in [0.2, 0.25) is 5.02 Å². The van der Waals surface area contributed by atoms with E-state index in [4.69, 9.17) is 16.3 Å². The second kappa shape index (κ2) is 8.86. The smallest absolute Gasteiger partial charge is 0.416 e. The third-order valence-corrected chi connectivity index (χ3v) is 5.95. The first-order valence-electron chi connectivity index (χ1n) is 9.50. The van der Waals surface area contributed by atoms with E-state index in [1.807, 2.05) is 24.3 Å². The number of fused-ring (bicyclic) bond motifs is 1. The summed E-state index contributed by atoms with van der Waals surface area (Å²) in [7, 11) is 0. The summed E-state index contributed by atoms with van der Waals surface area (Å²) in [6, 6.07) is 12.4. The summed E-state index contributed by atoms with van der Waals surface area (Å²) in [6.45, 7) is 0. The molecule has 0 spiro atoms. The van der Waals surface area contributed by atoms with E-state index in [1.165, 1.54) is 23.9 Å². The minimum atomic E-state index is -4.43. The Kier molecular flexibility index (Phi) is 6.20. The van der Waals surface area contributed by atoms with Crippen molar-refractivity contribution in [1.29, 1.82) is 0 Å². The number of hydrogen-bond donors (Lipinski definition) is 0. The van der Waals surface area contributed by atoms with Crippen LogP contribution in [0, 0.1) is 0 Å². The molecule has 2 aromatic carbocycles. The lowest BCUT2D eigenvalue weighted by atomic mass is 9.97. The van der Waals surface area contributed by atoms with Crippen LogP contribution in [0.1, 0.15) is 35.2 Å². The molecule has 0 unspecified atom stereocenters.